The summed E-state index contributed by atoms with van der Waals surface area (Å²) < 4.78 is 21.6. The van der Waals surface area contributed by atoms with Gasteiger partial charge in [0.15, 0.2) is 11.5 Å². The van der Waals surface area contributed by atoms with Gasteiger partial charge in [0.1, 0.15) is 11.1 Å². The zero-order chi connectivity index (χ0) is 23.3. The second-order valence-corrected chi connectivity index (χ2v) is 10.8. The predicted octanol–water partition coefficient (Wildman–Crippen LogP) is 2.90. The number of aromatic nitrogens is 5. The maximum atomic E-state index is 13.2. The van der Waals surface area contributed by atoms with Gasteiger partial charge >= 0.3 is 0 Å². The second kappa shape index (κ2) is 8.06. The Morgan fingerprint density at radius 3 is 2.88 bits per heavy atom. The van der Waals surface area contributed by atoms with Gasteiger partial charge in [-0.3, -0.25) is 19.0 Å². The van der Waals surface area contributed by atoms with Gasteiger partial charge in [-0.25, -0.2) is 9.50 Å². The molecule has 1 aliphatic heterocycles. The number of nitrogens with two attached hydrogens (primary N) is 1. The van der Waals surface area contributed by atoms with E-state index < -0.39 is 22.5 Å². The van der Waals surface area contributed by atoms with Crippen LogP contribution in [0.1, 0.15) is 28.9 Å². The third kappa shape index (κ3) is 3.84. The van der Waals surface area contributed by atoms with Gasteiger partial charge in [0.05, 0.1) is 28.3 Å². The van der Waals surface area contributed by atoms with E-state index in [4.69, 9.17) is 17.3 Å². The van der Waals surface area contributed by atoms with Crippen molar-refractivity contribution in [3.63, 3.8) is 0 Å². The van der Waals surface area contributed by atoms with Gasteiger partial charge in [0.2, 0.25) is 0 Å². The third-order valence-corrected chi connectivity index (χ3v) is 7.82. The fourth-order valence-electron chi connectivity index (χ4n) is 4.15. The SMILES string of the molecule is CC(NC(=O)c1c(N)nn2cccnc12)c1cc(Cl)c2c[nH]nc2c1N1CCS(O)(O)CC1. The van der Waals surface area contributed by atoms with Gasteiger partial charge in [0.25, 0.3) is 5.91 Å². The van der Waals surface area contributed by atoms with E-state index in [1.54, 1.807) is 24.7 Å². The molecule has 0 radical (unpaired) electrons. The van der Waals surface area contributed by atoms with Gasteiger partial charge in [-0.05, 0) is 19.1 Å². The maximum absolute atomic E-state index is 13.2. The van der Waals surface area contributed by atoms with E-state index in [2.05, 4.69) is 30.5 Å². The predicted molar refractivity (Wildman–Crippen MR) is 129 cm³/mol. The highest BCUT2D eigenvalue weighted by Gasteiger charge is 2.29. The molecule has 0 spiro atoms. The zero-order valence-corrected chi connectivity index (χ0v) is 19.3. The van der Waals surface area contributed by atoms with Crippen LogP contribution in [0.25, 0.3) is 16.6 Å². The summed E-state index contributed by atoms with van der Waals surface area (Å²) >= 11 is 6.53. The van der Waals surface area contributed by atoms with Crippen molar-refractivity contribution in [2.75, 3.05) is 35.2 Å². The fraction of sp³-hybridized carbons (Fsp3) is 0.300. The number of benzene rings is 1. The molecule has 1 aromatic carbocycles. The van der Waals surface area contributed by atoms with Gasteiger partial charge in [-0.1, -0.05) is 11.6 Å². The molecule has 1 amide bonds. The van der Waals surface area contributed by atoms with Gasteiger partial charge < -0.3 is 16.0 Å². The first kappa shape index (κ1) is 21.8. The molecule has 3 aromatic heterocycles. The lowest BCUT2D eigenvalue weighted by Crippen LogP contribution is -2.39. The molecule has 11 nitrogen and oxygen atoms in total. The molecule has 174 valence electrons. The first-order chi connectivity index (χ1) is 15.7. The number of anilines is 2. The molecule has 0 bridgehead atoms. The van der Waals surface area contributed by atoms with Crippen molar-refractivity contribution in [2.45, 2.75) is 13.0 Å². The van der Waals surface area contributed by atoms with E-state index in [-0.39, 0.29) is 22.9 Å². The van der Waals surface area contributed by atoms with Gasteiger partial charge in [-0.2, -0.15) is 15.7 Å². The molecule has 4 aromatic rings. The molecule has 1 fully saturated rings. The summed E-state index contributed by atoms with van der Waals surface area (Å²) in [6.45, 7) is 2.74. The number of nitrogens with one attached hydrogen (secondary N) is 2. The average Bonchev–Trinajstić information content (AvgIpc) is 3.38. The molecule has 33 heavy (non-hydrogen) atoms. The van der Waals surface area contributed by atoms with Crippen LogP contribution in [0.5, 0.6) is 0 Å². The van der Waals surface area contributed by atoms with Crippen molar-refractivity contribution in [1.29, 1.82) is 0 Å². The summed E-state index contributed by atoms with van der Waals surface area (Å²) in [7, 11) is -2.57. The van der Waals surface area contributed by atoms with Crippen molar-refractivity contribution < 1.29 is 13.9 Å². The minimum Gasteiger partial charge on any atom is -0.381 e. The topological polar surface area (TPSA) is 158 Å². The van der Waals surface area contributed by atoms with Crippen molar-refractivity contribution >= 4 is 56.2 Å². The average molecular weight is 491 g/mol. The number of nitrogens with zero attached hydrogens (tertiary/aromatic N) is 5. The normalized spacial score (nSPS) is 17.9. The smallest absolute Gasteiger partial charge is 0.259 e. The monoisotopic (exact) mass is 490 g/mol. The largest absolute Gasteiger partial charge is 0.381 e. The van der Waals surface area contributed by atoms with Crippen LogP contribution in [0.2, 0.25) is 5.02 Å². The third-order valence-electron chi connectivity index (χ3n) is 5.83. The summed E-state index contributed by atoms with van der Waals surface area (Å²) in [5, 5.41) is 15.6. The molecule has 1 aliphatic rings. The van der Waals surface area contributed by atoms with E-state index >= 15 is 0 Å². The Morgan fingerprint density at radius 2 is 2.12 bits per heavy atom. The Morgan fingerprint density at radius 1 is 1.36 bits per heavy atom. The lowest BCUT2D eigenvalue weighted by molar-refractivity contribution is 0.0942. The molecule has 1 atom stereocenters. The van der Waals surface area contributed by atoms with Crippen molar-refractivity contribution in [2.24, 2.45) is 0 Å². The molecule has 13 heteroatoms. The van der Waals surface area contributed by atoms with Crippen LogP contribution in [0.15, 0.2) is 30.7 Å². The van der Waals surface area contributed by atoms with E-state index in [9.17, 15) is 13.9 Å². The summed E-state index contributed by atoms with van der Waals surface area (Å²) in [6.07, 6.45) is 4.96. The van der Waals surface area contributed by atoms with Crippen LogP contribution < -0.4 is 16.0 Å². The number of rotatable bonds is 4. The fourth-order valence-corrected chi connectivity index (χ4v) is 5.64. The molecule has 1 unspecified atom stereocenters. The highest BCUT2D eigenvalue weighted by molar-refractivity contribution is 8.24. The Bertz CT molecular complexity index is 1360. The number of halogens is 1. The number of nitrogen functional groups attached to an aromatic ring is 1. The van der Waals surface area contributed by atoms with Gasteiger partial charge in [-0.15, -0.1) is 5.10 Å². The van der Waals surface area contributed by atoms with Crippen LogP contribution in [0, 0.1) is 0 Å². The molecular formula is C20H23ClN8O3S. The highest BCUT2D eigenvalue weighted by atomic mass is 35.5. The van der Waals surface area contributed by atoms with Crippen LogP contribution >= 0.6 is 22.2 Å². The van der Waals surface area contributed by atoms with Crippen LogP contribution in [0.3, 0.4) is 0 Å². The highest BCUT2D eigenvalue weighted by Crippen LogP contribution is 2.44. The van der Waals surface area contributed by atoms with Crippen molar-refractivity contribution in [1.82, 2.24) is 30.1 Å². The van der Waals surface area contributed by atoms with Crippen molar-refractivity contribution in [3.8, 4) is 0 Å². The number of H-pyrrole nitrogens is 1. The molecule has 1 saturated heterocycles. The number of amides is 1. The van der Waals surface area contributed by atoms with E-state index in [1.807, 2.05) is 13.0 Å². The van der Waals surface area contributed by atoms with Crippen LogP contribution in [0.4, 0.5) is 11.5 Å². The molecule has 0 saturated carbocycles. The zero-order valence-electron chi connectivity index (χ0n) is 17.7. The van der Waals surface area contributed by atoms with Gasteiger partial charge in [0, 0.05) is 42.6 Å². The van der Waals surface area contributed by atoms with E-state index in [0.717, 1.165) is 16.6 Å². The lowest BCUT2D eigenvalue weighted by Gasteiger charge is -2.42. The first-order valence-electron chi connectivity index (χ1n) is 10.3. The minimum absolute atomic E-state index is 0.0839. The lowest BCUT2D eigenvalue weighted by atomic mass is 10.0. The number of carbonyl (C=O) groups excluding carboxylic acids is 1. The van der Waals surface area contributed by atoms with E-state index in [0.29, 0.717) is 29.3 Å². The summed E-state index contributed by atoms with van der Waals surface area (Å²) in [4.78, 5) is 19.5. The first-order valence-corrected chi connectivity index (χ1v) is 12.6. The number of fused-ring (bicyclic) bond motifs is 2. The summed E-state index contributed by atoms with van der Waals surface area (Å²) in [5.74, 6) is 0.213. The second-order valence-electron chi connectivity index (χ2n) is 7.98. The minimum atomic E-state index is -2.57. The molecule has 4 heterocycles. The Hall–Kier alpha value is -3.06. The Kier molecular flexibility index (Phi) is 5.32. The Labute approximate surface area is 195 Å². The standard InChI is InChI=1S/C20H23ClN8O3S/c1-11(25-20(30)15-18(22)27-29-4-2-3-23-19(15)29)12-9-14(21)13-10-24-26-16(13)17(12)28-5-7-33(31,32)8-6-28/h2-4,9-11,31-32H,5-8H2,1H3,(H2,22,27)(H,24,26)(H,25,30). The van der Waals surface area contributed by atoms with Crippen LogP contribution in [-0.2, 0) is 0 Å². The van der Waals surface area contributed by atoms with Crippen LogP contribution in [-0.4, -0.2) is 64.4 Å². The maximum Gasteiger partial charge on any atom is 0.259 e. The summed E-state index contributed by atoms with van der Waals surface area (Å²) in [6, 6.07) is 3.04. The molecular weight excluding hydrogens is 468 g/mol. The molecule has 5 rings (SSSR count). The van der Waals surface area contributed by atoms with E-state index in [1.165, 1.54) is 4.52 Å². The number of hydrogen-bond acceptors (Lipinski definition) is 8. The number of hydrogen-bond donors (Lipinski definition) is 5. The molecule has 6 N–H and O–H groups in total. The number of carbonyl (C=O) groups is 1. The number of aromatic amines is 1. The summed E-state index contributed by atoms with van der Waals surface area (Å²) in [5.41, 5.74) is 8.78. The Balaban J connectivity index is 1.52. The molecule has 0 aliphatic carbocycles. The van der Waals surface area contributed by atoms with Crippen molar-refractivity contribution in [3.05, 3.63) is 46.9 Å². The quantitative estimate of drug-likeness (QED) is 0.292.